The lowest BCUT2D eigenvalue weighted by Crippen LogP contribution is -2.31. The second-order valence-corrected chi connectivity index (χ2v) is 9.25. The normalized spacial score (nSPS) is 18.8. The number of likely N-dealkylation sites (tertiary alicyclic amines) is 1. The van der Waals surface area contributed by atoms with Crippen LogP contribution in [0, 0.1) is 17.2 Å². The van der Waals surface area contributed by atoms with E-state index in [2.05, 4.69) is 16.4 Å². The molecule has 1 aromatic carbocycles. The van der Waals surface area contributed by atoms with Gasteiger partial charge in [0.1, 0.15) is 6.07 Å². The van der Waals surface area contributed by atoms with E-state index in [0.717, 1.165) is 10.4 Å². The summed E-state index contributed by atoms with van der Waals surface area (Å²) in [6.07, 6.45) is 2.54. The highest BCUT2D eigenvalue weighted by Gasteiger charge is 2.35. The van der Waals surface area contributed by atoms with Gasteiger partial charge in [0, 0.05) is 36.9 Å². The molecule has 10 heteroatoms. The minimum atomic E-state index is -3.86. The maximum absolute atomic E-state index is 13.1. The molecule has 1 aliphatic heterocycles. The predicted octanol–water partition coefficient (Wildman–Crippen LogP) is 2.95. The zero-order valence-corrected chi connectivity index (χ0v) is 17.6. The molecule has 0 radical (unpaired) electrons. The number of carbonyl (C=O) groups is 1. The van der Waals surface area contributed by atoms with Crippen molar-refractivity contribution < 1.29 is 18.3 Å². The van der Waals surface area contributed by atoms with Gasteiger partial charge in [0.2, 0.25) is 0 Å². The van der Waals surface area contributed by atoms with Crippen LogP contribution >= 0.6 is 0 Å². The quantitative estimate of drug-likeness (QED) is 0.625. The van der Waals surface area contributed by atoms with Gasteiger partial charge in [0.05, 0.1) is 16.1 Å². The number of hydrogen-bond acceptors (Lipinski definition) is 6. The zero-order valence-electron chi connectivity index (χ0n) is 16.8. The van der Waals surface area contributed by atoms with Crippen LogP contribution in [0.3, 0.4) is 0 Å². The van der Waals surface area contributed by atoms with E-state index in [1.807, 2.05) is 6.92 Å². The van der Waals surface area contributed by atoms with Crippen LogP contribution in [0.2, 0.25) is 0 Å². The van der Waals surface area contributed by atoms with Crippen molar-refractivity contribution in [3.05, 3.63) is 54.4 Å². The lowest BCUT2D eigenvalue weighted by atomic mass is 10.00. The SMILES string of the molecule is CC[C@H]1CN(C(=O)O)C[C@H]1Nc1c(C#N)cnc2c1ccn2S(=O)(=O)c1ccccc1. The molecule has 2 aromatic heterocycles. The molecule has 0 spiro atoms. The molecular formula is C21H21N5O4S. The molecule has 1 aliphatic rings. The van der Waals surface area contributed by atoms with Crippen LogP contribution in [-0.2, 0) is 10.0 Å². The first kappa shape index (κ1) is 20.7. The Hall–Kier alpha value is -3.58. The molecule has 0 unspecified atom stereocenters. The lowest BCUT2D eigenvalue weighted by molar-refractivity contribution is 0.154. The Morgan fingerprint density at radius 3 is 2.68 bits per heavy atom. The topological polar surface area (TPSA) is 128 Å². The third kappa shape index (κ3) is 3.57. The van der Waals surface area contributed by atoms with Gasteiger partial charge in [-0.05, 0) is 30.5 Å². The molecule has 1 saturated heterocycles. The average molecular weight is 439 g/mol. The summed E-state index contributed by atoms with van der Waals surface area (Å²) in [6.45, 7) is 2.68. The van der Waals surface area contributed by atoms with E-state index in [1.165, 1.54) is 29.4 Å². The number of nitrogens with zero attached hydrogens (tertiary/aromatic N) is 4. The van der Waals surface area contributed by atoms with Gasteiger partial charge in [-0.3, -0.25) is 0 Å². The smallest absolute Gasteiger partial charge is 0.407 e. The molecule has 3 heterocycles. The Balaban J connectivity index is 1.78. The molecule has 31 heavy (non-hydrogen) atoms. The van der Waals surface area contributed by atoms with Gasteiger partial charge >= 0.3 is 6.09 Å². The van der Waals surface area contributed by atoms with Gasteiger partial charge in [0.15, 0.2) is 5.65 Å². The Bertz CT molecular complexity index is 1280. The highest BCUT2D eigenvalue weighted by atomic mass is 32.2. The maximum Gasteiger partial charge on any atom is 0.407 e. The van der Waals surface area contributed by atoms with E-state index in [1.54, 1.807) is 24.3 Å². The van der Waals surface area contributed by atoms with Crippen LogP contribution in [0.1, 0.15) is 18.9 Å². The second-order valence-electron chi connectivity index (χ2n) is 7.43. The van der Waals surface area contributed by atoms with E-state index < -0.39 is 16.1 Å². The molecule has 160 valence electrons. The number of aromatic nitrogens is 2. The van der Waals surface area contributed by atoms with E-state index in [0.29, 0.717) is 17.6 Å². The molecule has 4 rings (SSSR count). The van der Waals surface area contributed by atoms with Crippen LogP contribution in [-0.4, -0.2) is 52.6 Å². The van der Waals surface area contributed by atoms with E-state index in [9.17, 15) is 23.6 Å². The summed E-state index contributed by atoms with van der Waals surface area (Å²) in [4.78, 5) is 17.1. The molecule has 1 amide bonds. The first-order valence-corrected chi connectivity index (χ1v) is 11.3. The monoisotopic (exact) mass is 439 g/mol. The van der Waals surface area contributed by atoms with Crippen molar-refractivity contribution in [2.45, 2.75) is 24.3 Å². The summed E-state index contributed by atoms with van der Waals surface area (Å²) in [6, 6.07) is 11.5. The predicted molar refractivity (Wildman–Crippen MR) is 114 cm³/mol. The Kier molecular flexibility index (Phi) is 5.29. The molecule has 0 bridgehead atoms. The minimum Gasteiger partial charge on any atom is -0.465 e. The summed E-state index contributed by atoms with van der Waals surface area (Å²) in [5.74, 6) is 0.0704. The number of nitriles is 1. The minimum absolute atomic E-state index is 0.0704. The second kappa shape index (κ2) is 7.92. The third-order valence-corrected chi connectivity index (χ3v) is 7.35. The van der Waals surface area contributed by atoms with Crippen molar-refractivity contribution in [1.82, 2.24) is 13.9 Å². The average Bonchev–Trinajstić information content (AvgIpc) is 3.39. The number of benzene rings is 1. The number of hydrogen-bond donors (Lipinski definition) is 2. The zero-order chi connectivity index (χ0) is 22.2. The van der Waals surface area contributed by atoms with Crippen LogP contribution < -0.4 is 5.32 Å². The number of anilines is 1. The van der Waals surface area contributed by atoms with Crippen LogP contribution in [0.15, 0.2) is 53.7 Å². The first-order valence-electron chi connectivity index (χ1n) is 9.82. The van der Waals surface area contributed by atoms with Gasteiger partial charge in [-0.25, -0.2) is 22.2 Å². The van der Waals surface area contributed by atoms with Crippen molar-refractivity contribution in [2.24, 2.45) is 5.92 Å². The number of pyridine rings is 1. The van der Waals surface area contributed by atoms with Crippen molar-refractivity contribution >= 4 is 32.8 Å². The van der Waals surface area contributed by atoms with Gasteiger partial charge in [-0.1, -0.05) is 25.1 Å². The number of nitrogens with one attached hydrogen (secondary N) is 1. The lowest BCUT2D eigenvalue weighted by Gasteiger charge is -2.20. The Labute approximate surface area is 179 Å². The van der Waals surface area contributed by atoms with Crippen molar-refractivity contribution in [3.63, 3.8) is 0 Å². The van der Waals surface area contributed by atoms with Gasteiger partial charge in [0.25, 0.3) is 10.0 Å². The highest BCUT2D eigenvalue weighted by Crippen LogP contribution is 2.32. The number of amides is 1. The van der Waals surface area contributed by atoms with Crippen LogP contribution in [0.4, 0.5) is 10.5 Å². The Morgan fingerprint density at radius 1 is 1.29 bits per heavy atom. The van der Waals surface area contributed by atoms with Crippen molar-refractivity contribution in [3.8, 4) is 6.07 Å². The standard InChI is InChI=1S/C21H21N5O4S/c1-2-14-12-25(21(27)28)13-18(14)24-19-15(10-22)11-23-20-17(19)8-9-26(20)31(29,30)16-6-4-3-5-7-16/h3-9,11,14,18H,2,12-13H2,1H3,(H,23,24)(H,27,28)/t14-,18+/m0/s1. The number of rotatable bonds is 5. The van der Waals surface area contributed by atoms with E-state index in [-0.39, 0.29) is 34.6 Å². The number of carboxylic acid groups (broad SMARTS) is 1. The molecule has 9 nitrogen and oxygen atoms in total. The van der Waals surface area contributed by atoms with Gasteiger partial charge in [-0.15, -0.1) is 0 Å². The van der Waals surface area contributed by atoms with Crippen LogP contribution in [0.5, 0.6) is 0 Å². The summed E-state index contributed by atoms with van der Waals surface area (Å²) < 4.78 is 27.3. The van der Waals surface area contributed by atoms with E-state index in [4.69, 9.17) is 0 Å². The van der Waals surface area contributed by atoms with E-state index >= 15 is 0 Å². The first-order chi connectivity index (χ1) is 14.9. The Morgan fingerprint density at radius 2 is 2.03 bits per heavy atom. The molecule has 0 saturated carbocycles. The fourth-order valence-corrected chi connectivity index (χ4v) is 5.32. The number of fused-ring (bicyclic) bond motifs is 1. The molecule has 3 aromatic rings. The molecule has 0 aliphatic carbocycles. The fraction of sp³-hybridized carbons (Fsp3) is 0.286. The molecular weight excluding hydrogens is 418 g/mol. The summed E-state index contributed by atoms with van der Waals surface area (Å²) in [7, 11) is -3.86. The van der Waals surface area contributed by atoms with Crippen molar-refractivity contribution in [1.29, 1.82) is 5.26 Å². The highest BCUT2D eigenvalue weighted by molar-refractivity contribution is 7.90. The largest absolute Gasteiger partial charge is 0.465 e. The van der Waals surface area contributed by atoms with Crippen LogP contribution in [0.25, 0.3) is 11.0 Å². The third-order valence-electron chi connectivity index (χ3n) is 5.67. The summed E-state index contributed by atoms with van der Waals surface area (Å²) in [5, 5.41) is 22.8. The summed E-state index contributed by atoms with van der Waals surface area (Å²) in [5.41, 5.74) is 0.933. The summed E-state index contributed by atoms with van der Waals surface area (Å²) >= 11 is 0. The van der Waals surface area contributed by atoms with Gasteiger partial charge < -0.3 is 15.3 Å². The maximum atomic E-state index is 13.1. The fourth-order valence-electron chi connectivity index (χ4n) is 3.99. The van der Waals surface area contributed by atoms with Crippen molar-refractivity contribution in [2.75, 3.05) is 18.4 Å². The van der Waals surface area contributed by atoms with Gasteiger partial charge in [-0.2, -0.15) is 5.26 Å². The molecule has 2 atom stereocenters. The molecule has 1 fully saturated rings. The molecule has 2 N–H and O–H groups in total.